The lowest BCUT2D eigenvalue weighted by atomic mass is 10.3. The molecule has 0 radical (unpaired) electrons. The summed E-state index contributed by atoms with van der Waals surface area (Å²) in [5, 5.41) is 4.19. The van der Waals surface area contributed by atoms with E-state index in [-0.39, 0.29) is 5.82 Å². The monoisotopic (exact) mass is 279 g/mol. The topological polar surface area (TPSA) is 30.2 Å². The fourth-order valence-electron chi connectivity index (χ4n) is 1.53. The lowest BCUT2D eigenvalue weighted by Gasteiger charge is -1.99. The molecule has 2 aromatic rings. The van der Waals surface area contributed by atoms with E-state index in [1.807, 2.05) is 6.92 Å². The maximum absolute atomic E-state index is 12.9. The number of rotatable bonds is 3. The normalized spacial score (nSPS) is 11.2. The van der Waals surface area contributed by atoms with Crippen LogP contribution in [0.15, 0.2) is 66.6 Å². The first kappa shape index (κ1) is 14.5. The molecule has 0 spiro atoms. The predicted octanol–water partition coefficient (Wildman–Crippen LogP) is 3.52. The first-order valence-electron chi connectivity index (χ1n) is 6.33. The number of hydrogen-bond donors (Lipinski definition) is 0. The third kappa shape index (κ3) is 4.29. The molecule has 1 heterocycles. The molecule has 0 N–H and O–H groups in total. The van der Waals surface area contributed by atoms with Gasteiger partial charge in [-0.2, -0.15) is 5.10 Å². The van der Waals surface area contributed by atoms with E-state index in [1.54, 1.807) is 47.6 Å². The Hall–Kier alpha value is -2.93. The molecule has 0 aliphatic rings. The summed E-state index contributed by atoms with van der Waals surface area (Å²) in [6.45, 7) is 5.39. The Morgan fingerprint density at radius 2 is 2.14 bits per heavy atom. The van der Waals surface area contributed by atoms with Crippen molar-refractivity contribution >= 4 is 5.71 Å². The molecule has 1 aromatic heterocycles. The van der Waals surface area contributed by atoms with Crippen LogP contribution in [-0.4, -0.2) is 15.5 Å². The summed E-state index contributed by atoms with van der Waals surface area (Å²) in [6, 6.07) is 6.11. The Balaban J connectivity index is 2.14. The van der Waals surface area contributed by atoms with Crippen molar-refractivity contribution in [1.82, 2.24) is 9.78 Å². The van der Waals surface area contributed by atoms with Crippen molar-refractivity contribution in [2.24, 2.45) is 4.99 Å². The van der Waals surface area contributed by atoms with E-state index in [2.05, 4.69) is 28.5 Å². The second-order valence-electron chi connectivity index (χ2n) is 4.19. The molecule has 0 aliphatic heterocycles. The minimum atomic E-state index is -0.273. The van der Waals surface area contributed by atoms with E-state index < -0.39 is 0 Å². The van der Waals surface area contributed by atoms with Gasteiger partial charge in [-0.05, 0) is 43.2 Å². The van der Waals surface area contributed by atoms with Crippen LogP contribution in [0.2, 0.25) is 0 Å². The van der Waals surface area contributed by atoms with Crippen molar-refractivity contribution in [3.05, 3.63) is 73.0 Å². The van der Waals surface area contributed by atoms with Crippen molar-refractivity contribution in [2.45, 2.75) is 6.92 Å². The van der Waals surface area contributed by atoms with Gasteiger partial charge in [0.05, 0.1) is 23.2 Å². The molecule has 0 saturated carbocycles. The average molecular weight is 279 g/mol. The summed E-state index contributed by atoms with van der Waals surface area (Å²) in [7, 11) is 0. The van der Waals surface area contributed by atoms with Gasteiger partial charge < -0.3 is 0 Å². The molecule has 2 rings (SSSR count). The Morgan fingerprint density at radius 1 is 1.38 bits per heavy atom. The van der Waals surface area contributed by atoms with Gasteiger partial charge in [0.2, 0.25) is 0 Å². The number of aromatic nitrogens is 2. The zero-order valence-corrected chi connectivity index (χ0v) is 11.6. The highest BCUT2D eigenvalue weighted by molar-refractivity contribution is 5.99. The van der Waals surface area contributed by atoms with E-state index in [0.29, 0.717) is 5.71 Å². The van der Waals surface area contributed by atoms with Crippen LogP contribution in [0.1, 0.15) is 12.5 Å². The second-order valence-corrected chi connectivity index (χ2v) is 4.19. The van der Waals surface area contributed by atoms with Crippen LogP contribution in [-0.2, 0) is 0 Å². The molecule has 104 valence electrons. The van der Waals surface area contributed by atoms with Crippen LogP contribution >= 0.6 is 0 Å². The molecule has 0 bridgehead atoms. The van der Waals surface area contributed by atoms with E-state index >= 15 is 0 Å². The Bertz CT molecular complexity index is 740. The zero-order valence-electron chi connectivity index (χ0n) is 11.6. The maximum atomic E-state index is 12.9. The van der Waals surface area contributed by atoms with E-state index in [9.17, 15) is 4.39 Å². The highest BCUT2D eigenvalue weighted by Crippen LogP contribution is 2.08. The third-order valence-corrected chi connectivity index (χ3v) is 2.55. The number of allylic oxidation sites excluding steroid dienone is 2. The van der Waals surface area contributed by atoms with Gasteiger partial charge in [0.25, 0.3) is 0 Å². The van der Waals surface area contributed by atoms with Crippen LogP contribution in [0.3, 0.4) is 0 Å². The fraction of sp³-hybridized carbons (Fsp3) is 0.0588. The average Bonchev–Trinajstić information content (AvgIpc) is 2.95. The number of hydrogen-bond acceptors (Lipinski definition) is 2. The molecule has 0 saturated heterocycles. The third-order valence-electron chi connectivity index (χ3n) is 2.55. The van der Waals surface area contributed by atoms with E-state index in [0.717, 1.165) is 11.3 Å². The van der Waals surface area contributed by atoms with Gasteiger partial charge in [-0.1, -0.05) is 18.6 Å². The highest BCUT2D eigenvalue weighted by atomic mass is 19.1. The number of benzene rings is 1. The predicted molar refractivity (Wildman–Crippen MR) is 82.8 cm³/mol. The Labute approximate surface area is 123 Å². The molecule has 0 atom stereocenters. The van der Waals surface area contributed by atoms with Crippen molar-refractivity contribution in [2.75, 3.05) is 0 Å². The summed E-state index contributed by atoms with van der Waals surface area (Å²) in [6.07, 6.45) is 8.46. The molecule has 0 fully saturated rings. The molecular formula is C17H14FN3. The van der Waals surface area contributed by atoms with Gasteiger partial charge in [0.1, 0.15) is 5.82 Å². The number of halogens is 1. The van der Waals surface area contributed by atoms with E-state index in [1.165, 1.54) is 12.1 Å². The van der Waals surface area contributed by atoms with Crippen molar-refractivity contribution in [3.63, 3.8) is 0 Å². The van der Waals surface area contributed by atoms with Gasteiger partial charge in [-0.25, -0.2) is 9.07 Å². The summed E-state index contributed by atoms with van der Waals surface area (Å²) < 4.78 is 14.5. The highest BCUT2D eigenvalue weighted by Gasteiger charge is 1.99. The van der Waals surface area contributed by atoms with Crippen LogP contribution in [0.5, 0.6) is 0 Å². The number of aliphatic imine (C=N–C) groups is 1. The molecule has 1 aromatic carbocycles. The van der Waals surface area contributed by atoms with Gasteiger partial charge in [0, 0.05) is 12.4 Å². The summed E-state index contributed by atoms with van der Waals surface area (Å²) in [5.41, 5.74) is 2.24. The van der Waals surface area contributed by atoms with Crippen LogP contribution in [0, 0.1) is 17.7 Å². The minimum Gasteiger partial charge on any atom is -0.253 e. The second kappa shape index (κ2) is 7.01. The van der Waals surface area contributed by atoms with Gasteiger partial charge in [-0.15, -0.1) is 0 Å². The summed E-state index contributed by atoms with van der Waals surface area (Å²) in [5.74, 6) is 5.63. The smallest absolute Gasteiger partial charge is 0.123 e. The van der Waals surface area contributed by atoms with Gasteiger partial charge in [-0.3, -0.25) is 4.99 Å². The van der Waals surface area contributed by atoms with Crippen molar-refractivity contribution in [3.8, 4) is 17.5 Å². The fourth-order valence-corrected chi connectivity index (χ4v) is 1.53. The standard InChI is InChI=1S/C17H14FN3/c1-3-4-11-19-14(2)5-6-15-12-20-21(13-15)17-9-7-16(18)8-10-17/h3-4,7-13H,1H2,2H3/b11-4-,19-14?. The molecule has 3 nitrogen and oxygen atoms in total. The SMILES string of the molecule is C=C/C=C\N=C(C)C#Cc1cnn(-c2ccc(F)cc2)c1. The Kier molecular flexibility index (Phi) is 4.84. The Morgan fingerprint density at radius 3 is 2.86 bits per heavy atom. The van der Waals surface area contributed by atoms with Crippen molar-refractivity contribution in [1.29, 1.82) is 0 Å². The summed E-state index contributed by atoms with van der Waals surface area (Å²) in [4.78, 5) is 4.13. The maximum Gasteiger partial charge on any atom is 0.123 e. The molecule has 4 heteroatoms. The molecule has 0 aliphatic carbocycles. The molecule has 0 unspecified atom stereocenters. The zero-order chi connectivity index (χ0) is 15.1. The minimum absolute atomic E-state index is 0.273. The first-order chi connectivity index (χ1) is 10.2. The number of nitrogens with zero attached hydrogens (tertiary/aromatic N) is 3. The molecule has 21 heavy (non-hydrogen) atoms. The van der Waals surface area contributed by atoms with Crippen LogP contribution < -0.4 is 0 Å². The van der Waals surface area contributed by atoms with Gasteiger partial charge >= 0.3 is 0 Å². The quantitative estimate of drug-likeness (QED) is 0.480. The lowest BCUT2D eigenvalue weighted by molar-refractivity contribution is 0.627. The van der Waals surface area contributed by atoms with Gasteiger partial charge in [0.15, 0.2) is 0 Å². The first-order valence-corrected chi connectivity index (χ1v) is 6.33. The van der Waals surface area contributed by atoms with Crippen molar-refractivity contribution < 1.29 is 4.39 Å². The lowest BCUT2D eigenvalue weighted by Crippen LogP contribution is -1.93. The molecule has 0 amide bonds. The summed E-state index contributed by atoms with van der Waals surface area (Å²) >= 11 is 0. The molecular weight excluding hydrogens is 265 g/mol. The largest absolute Gasteiger partial charge is 0.253 e. The van der Waals surface area contributed by atoms with E-state index in [4.69, 9.17) is 0 Å². The van der Waals surface area contributed by atoms with Crippen LogP contribution in [0.4, 0.5) is 4.39 Å². The van der Waals surface area contributed by atoms with Crippen LogP contribution in [0.25, 0.3) is 5.69 Å².